The smallest absolute Gasteiger partial charge is 0.0587 e. The highest BCUT2D eigenvalue weighted by molar-refractivity contribution is 5.01. The van der Waals surface area contributed by atoms with Gasteiger partial charge in [0.25, 0.3) is 0 Å². The molecule has 1 unspecified atom stereocenters. The first-order chi connectivity index (χ1) is 9.26. The van der Waals surface area contributed by atoms with Crippen molar-refractivity contribution in [2.75, 3.05) is 40.0 Å². The monoisotopic (exact) mass is 267 g/mol. The average Bonchev–Trinajstić information content (AvgIpc) is 3.03. The zero-order valence-corrected chi connectivity index (χ0v) is 12.0. The zero-order chi connectivity index (χ0) is 13.6. The minimum atomic E-state index is 0.276. The maximum atomic E-state index is 5.62. The molecule has 1 atom stereocenters. The van der Waals surface area contributed by atoms with E-state index < -0.39 is 0 Å². The van der Waals surface area contributed by atoms with E-state index in [2.05, 4.69) is 16.5 Å². The van der Waals surface area contributed by atoms with Crippen LogP contribution in [0.5, 0.6) is 0 Å². The number of rotatable bonds is 8. The van der Waals surface area contributed by atoms with Crippen molar-refractivity contribution in [1.82, 2.24) is 15.1 Å². The van der Waals surface area contributed by atoms with Crippen LogP contribution in [0.15, 0.2) is 12.3 Å². The summed E-state index contributed by atoms with van der Waals surface area (Å²) in [6.45, 7) is 4.43. The van der Waals surface area contributed by atoms with Crippen molar-refractivity contribution in [3.05, 3.63) is 18.0 Å². The second-order valence-electron chi connectivity index (χ2n) is 5.42. The SMILES string of the molecule is COCCNCC1(CCc2ccnn2C)CCOC1. The Balaban J connectivity index is 1.83. The van der Waals surface area contributed by atoms with Crippen LogP contribution in [0.1, 0.15) is 18.5 Å². The summed E-state index contributed by atoms with van der Waals surface area (Å²) in [5.41, 5.74) is 1.57. The van der Waals surface area contributed by atoms with Gasteiger partial charge in [-0.2, -0.15) is 5.10 Å². The van der Waals surface area contributed by atoms with Crippen LogP contribution in [0.25, 0.3) is 0 Å². The van der Waals surface area contributed by atoms with Crippen molar-refractivity contribution in [2.45, 2.75) is 19.3 Å². The van der Waals surface area contributed by atoms with Gasteiger partial charge in [0.1, 0.15) is 0 Å². The molecule has 1 fully saturated rings. The lowest BCUT2D eigenvalue weighted by atomic mass is 9.82. The molecule has 0 radical (unpaired) electrons. The first kappa shape index (κ1) is 14.5. The number of hydrogen-bond donors (Lipinski definition) is 1. The number of nitrogens with zero attached hydrogens (tertiary/aromatic N) is 2. The minimum Gasteiger partial charge on any atom is -0.383 e. The quantitative estimate of drug-likeness (QED) is 0.714. The maximum Gasteiger partial charge on any atom is 0.0587 e. The number of aromatic nitrogens is 2. The van der Waals surface area contributed by atoms with E-state index in [-0.39, 0.29) is 5.41 Å². The van der Waals surface area contributed by atoms with Gasteiger partial charge in [-0.3, -0.25) is 4.68 Å². The van der Waals surface area contributed by atoms with E-state index in [1.807, 2.05) is 17.9 Å². The molecule has 108 valence electrons. The van der Waals surface area contributed by atoms with E-state index in [1.165, 1.54) is 5.69 Å². The standard InChI is InChI=1S/C14H25N3O2/c1-17-13(4-7-16-17)3-5-14(6-9-19-12-14)11-15-8-10-18-2/h4,7,15H,3,5-6,8-12H2,1-2H3. The molecule has 0 bridgehead atoms. The predicted octanol–water partition coefficient (Wildman–Crippen LogP) is 0.995. The van der Waals surface area contributed by atoms with Gasteiger partial charge in [-0.1, -0.05) is 0 Å². The molecule has 5 heteroatoms. The lowest BCUT2D eigenvalue weighted by Crippen LogP contribution is -2.36. The third kappa shape index (κ3) is 4.03. The molecule has 0 amide bonds. The lowest BCUT2D eigenvalue weighted by Gasteiger charge is -2.27. The van der Waals surface area contributed by atoms with Gasteiger partial charge in [0.2, 0.25) is 0 Å². The summed E-state index contributed by atoms with van der Waals surface area (Å²) in [5, 5.41) is 7.71. The van der Waals surface area contributed by atoms with Crippen LogP contribution in [0, 0.1) is 5.41 Å². The minimum absolute atomic E-state index is 0.276. The number of methoxy groups -OCH3 is 1. The van der Waals surface area contributed by atoms with Crippen molar-refractivity contribution in [3.8, 4) is 0 Å². The molecule has 1 saturated heterocycles. The second kappa shape index (κ2) is 7.03. The van der Waals surface area contributed by atoms with E-state index in [1.54, 1.807) is 7.11 Å². The molecule has 1 aromatic rings. The van der Waals surface area contributed by atoms with Gasteiger partial charge in [0, 0.05) is 51.2 Å². The van der Waals surface area contributed by atoms with Gasteiger partial charge in [-0.05, 0) is 25.3 Å². The number of aryl methyl sites for hydroxylation is 2. The fourth-order valence-corrected chi connectivity index (χ4v) is 2.64. The van der Waals surface area contributed by atoms with Crippen LogP contribution in [0.3, 0.4) is 0 Å². The molecule has 1 aliphatic rings. The van der Waals surface area contributed by atoms with Crippen molar-refractivity contribution >= 4 is 0 Å². The van der Waals surface area contributed by atoms with E-state index in [9.17, 15) is 0 Å². The normalized spacial score (nSPS) is 23.1. The molecular formula is C14H25N3O2. The molecule has 1 N–H and O–H groups in total. The summed E-state index contributed by atoms with van der Waals surface area (Å²) in [6.07, 6.45) is 5.22. The van der Waals surface area contributed by atoms with Crippen molar-refractivity contribution in [2.24, 2.45) is 12.5 Å². The molecule has 0 spiro atoms. The number of ether oxygens (including phenoxy) is 2. The molecule has 0 saturated carbocycles. The van der Waals surface area contributed by atoms with Crippen LogP contribution < -0.4 is 5.32 Å². The number of hydrogen-bond acceptors (Lipinski definition) is 4. The first-order valence-corrected chi connectivity index (χ1v) is 7.00. The first-order valence-electron chi connectivity index (χ1n) is 7.00. The van der Waals surface area contributed by atoms with Crippen molar-refractivity contribution in [3.63, 3.8) is 0 Å². The maximum absolute atomic E-state index is 5.62. The van der Waals surface area contributed by atoms with E-state index in [0.717, 1.165) is 52.2 Å². The third-order valence-corrected chi connectivity index (χ3v) is 4.00. The largest absolute Gasteiger partial charge is 0.383 e. The van der Waals surface area contributed by atoms with E-state index in [4.69, 9.17) is 9.47 Å². The van der Waals surface area contributed by atoms with Crippen molar-refractivity contribution in [1.29, 1.82) is 0 Å². The summed E-state index contributed by atoms with van der Waals surface area (Å²) in [4.78, 5) is 0. The topological polar surface area (TPSA) is 48.3 Å². The van der Waals surface area contributed by atoms with Crippen LogP contribution in [0.4, 0.5) is 0 Å². The summed E-state index contributed by atoms with van der Waals surface area (Å²) in [6, 6.07) is 2.10. The Bertz CT molecular complexity index is 373. The third-order valence-electron chi connectivity index (χ3n) is 4.00. The molecule has 5 nitrogen and oxygen atoms in total. The highest BCUT2D eigenvalue weighted by Crippen LogP contribution is 2.33. The van der Waals surface area contributed by atoms with Gasteiger partial charge >= 0.3 is 0 Å². The van der Waals surface area contributed by atoms with Crippen molar-refractivity contribution < 1.29 is 9.47 Å². The Kier molecular flexibility index (Phi) is 5.36. The van der Waals surface area contributed by atoms with Crippen LogP contribution in [-0.4, -0.2) is 49.8 Å². The van der Waals surface area contributed by atoms with Crippen LogP contribution in [-0.2, 0) is 22.9 Å². The summed E-state index contributed by atoms with van der Waals surface area (Å²) < 4.78 is 12.7. The summed E-state index contributed by atoms with van der Waals surface area (Å²) in [7, 11) is 3.74. The summed E-state index contributed by atoms with van der Waals surface area (Å²) in [5.74, 6) is 0. The van der Waals surface area contributed by atoms with E-state index >= 15 is 0 Å². The fourth-order valence-electron chi connectivity index (χ4n) is 2.64. The fraction of sp³-hybridized carbons (Fsp3) is 0.786. The number of nitrogens with one attached hydrogen (secondary N) is 1. The van der Waals surface area contributed by atoms with Crippen LogP contribution in [0.2, 0.25) is 0 Å². The zero-order valence-electron chi connectivity index (χ0n) is 12.0. The molecule has 2 heterocycles. The van der Waals surface area contributed by atoms with Gasteiger partial charge in [-0.25, -0.2) is 0 Å². The molecule has 0 aromatic carbocycles. The highest BCUT2D eigenvalue weighted by Gasteiger charge is 2.34. The van der Waals surface area contributed by atoms with Gasteiger partial charge in [0.05, 0.1) is 13.2 Å². The Morgan fingerprint density at radius 2 is 2.47 bits per heavy atom. The Labute approximate surface area is 115 Å². The average molecular weight is 267 g/mol. The van der Waals surface area contributed by atoms with Crippen LogP contribution >= 0.6 is 0 Å². The molecule has 19 heavy (non-hydrogen) atoms. The molecule has 0 aliphatic carbocycles. The molecule has 1 aromatic heterocycles. The Morgan fingerprint density at radius 1 is 1.58 bits per heavy atom. The van der Waals surface area contributed by atoms with Gasteiger partial charge in [-0.15, -0.1) is 0 Å². The van der Waals surface area contributed by atoms with Gasteiger partial charge in [0.15, 0.2) is 0 Å². The summed E-state index contributed by atoms with van der Waals surface area (Å²) >= 11 is 0. The highest BCUT2D eigenvalue weighted by atomic mass is 16.5. The Morgan fingerprint density at radius 3 is 3.11 bits per heavy atom. The van der Waals surface area contributed by atoms with E-state index in [0.29, 0.717) is 0 Å². The lowest BCUT2D eigenvalue weighted by molar-refractivity contribution is 0.139. The van der Waals surface area contributed by atoms with Gasteiger partial charge < -0.3 is 14.8 Å². The molecular weight excluding hydrogens is 242 g/mol. The Hall–Kier alpha value is -0.910. The predicted molar refractivity (Wildman–Crippen MR) is 74.1 cm³/mol. The molecule has 2 rings (SSSR count). The second-order valence-corrected chi connectivity index (χ2v) is 5.42. The molecule has 1 aliphatic heterocycles.